The highest BCUT2D eigenvalue weighted by atomic mass is 16.3. The van der Waals surface area contributed by atoms with E-state index in [-0.39, 0.29) is 17.3 Å². The summed E-state index contributed by atoms with van der Waals surface area (Å²) in [6.45, 7) is 0. The maximum Gasteiger partial charge on any atom is 0.185 e. The number of rotatable bonds is 3. The SMILES string of the molecule is O=C(/C=C/c1ccc(O)cc1)c1cccc(O)c1. The van der Waals surface area contributed by atoms with E-state index in [1.54, 1.807) is 42.5 Å². The summed E-state index contributed by atoms with van der Waals surface area (Å²) in [6, 6.07) is 12.7. The molecule has 0 saturated carbocycles. The van der Waals surface area contributed by atoms with Gasteiger partial charge < -0.3 is 10.2 Å². The molecule has 3 heteroatoms. The molecule has 0 unspecified atom stereocenters. The second-order valence-corrected chi connectivity index (χ2v) is 3.84. The van der Waals surface area contributed by atoms with Crippen LogP contribution in [0.3, 0.4) is 0 Å². The minimum absolute atomic E-state index is 0.0684. The Morgan fingerprint density at radius 2 is 1.67 bits per heavy atom. The number of benzene rings is 2. The van der Waals surface area contributed by atoms with Crippen molar-refractivity contribution in [1.82, 2.24) is 0 Å². The van der Waals surface area contributed by atoms with Crippen molar-refractivity contribution in [3.63, 3.8) is 0 Å². The molecule has 0 atom stereocenters. The van der Waals surface area contributed by atoms with Crippen LogP contribution in [0.5, 0.6) is 11.5 Å². The number of hydrogen-bond acceptors (Lipinski definition) is 3. The van der Waals surface area contributed by atoms with Crippen LogP contribution in [-0.2, 0) is 0 Å². The van der Waals surface area contributed by atoms with E-state index in [9.17, 15) is 9.90 Å². The lowest BCUT2D eigenvalue weighted by Gasteiger charge is -1.97. The first-order valence-electron chi connectivity index (χ1n) is 5.45. The van der Waals surface area contributed by atoms with Gasteiger partial charge in [0.2, 0.25) is 0 Å². The fraction of sp³-hybridized carbons (Fsp3) is 0. The van der Waals surface area contributed by atoms with Gasteiger partial charge in [0, 0.05) is 5.56 Å². The lowest BCUT2D eigenvalue weighted by molar-refractivity contribution is 0.104. The van der Waals surface area contributed by atoms with Crippen LogP contribution < -0.4 is 0 Å². The molecule has 2 N–H and O–H groups in total. The van der Waals surface area contributed by atoms with Crippen molar-refractivity contribution in [2.24, 2.45) is 0 Å². The van der Waals surface area contributed by atoms with Crippen molar-refractivity contribution in [3.8, 4) is 11.5 Å². The summed E-state index contributed by atoms with van der Waals surface area (Å²) in [5, 5.41) is 18.4. The van der Waals surface area contributed by atoms with E-state index in [2.05, 4.69) is 0 Å². The van der Waals surface area contributed by atoms with Crippen molar-refractivity contribution in [1.29, 1.82) is 0 Å². The topological polar surface area (TPSA) is 57.5 Å². The van der Waals surface area contributed by atoms with Crippen molar-refractivity contribution in [2.45, 2.75) is 0 Å². The zero-order chi connectivity index (χ0) is 13.0. The van der Waals surface area contributed by atoms with Gasteiger partial charge in [0.05, 0.1) is 0 Å². The molecule has 2 rings (SSSR count). The molecule has 0 heterocycles. The van der Waals surface area contributed by atoms with Crippen LogP contribution in [0.1, 0.15) is 15.9 Å². The van der Waals surface area contributed by atoms with Gasteiger partial charge in [-0.15, -0.1) is 0 Å². The zero-order valence-electron chi connectivity index (χ0n) is 9.58. The Labute approximate surface area is 105 Å². The van der Waals surface area contributed by atoms with E-state index in [0.29, 0.717) is 5.56 Å². The summed E-state index contributed by atoms with van der Waals surface area (Å²) in [7, 11) is 0. The molecule has 0 fully saturated rings. The number of carbonyl (C=O) groups excluding carboxylic acids is 1. The van der Waals surface area contributed by atoms with Gasteiger partial charge in [-0.1, -0.05) is 30.3 Å². The van der Waals surface area contributed by atoms with Crippen molar-refractivity contribution in [3.05, 3.63) is 65.7 Å². The van der Waals surface area contributed by atoms with Gasteiger partial charge in [0.25, 0.3) is 0 Å². The molecule has 0 amide bonds. The van der Waals surface area contributed by atoms with Crippen LogP contribution >= 0.6 is 0 Å². The Bertz CT molecular complexity index is 583. The highest BCUT2D eigenvalue weighted by Gasteiger charge is 2.01. The van der Waals surface area contributed by atoms with Crippen LogP contribution in [0, 0.1) is 0 Å². The van der Waals surface area contributed by atoms with Crippen molar-refractivity contribution < 1.29 is 15.0 Å². The van der Waals surface area contributed by atoms with Crippen molar-refractivity contribution >= 4 is 11.9 Å². The highest BCUT2D eigenvalue weighted by molar-refractivity contribution is 6.07. The first-order valence-corrected chi connectivity index (χ1v) is 5.45. The number of allylic oxidation sites excluding steroid dienone is 1. The fourth-order valence-electron chi connectivity index (χ4n) is 1.51. The summed E-state index contributed by atoms with van der Waals surface area (Å²) in [5.74, 6) is 0.0734. The third-order valence-electron chi connectivity index (χ3n) is 2.45. The number of hydrogen-bond donors (Lipinski definition) is 2. The van der Waals surface area contributed by atoms with Gasteiger partial charge in [-0.2, -0.15) is 0 Å². The summed E-state index contributed by atoms with van der Waals surface area (Å²) < 4.78 is 0. The van der Waals surface area contributed by atoms with Gasteiger partial charge >= 0.3 is 0 Å². The lowest BCUT2D eigenvalue weighted by atomic mass is 10.1. The van der Waals surface area contributed by atoms with Crippen LogP contribution in [0.4, 0.5) is 0 Å². The monoisotopic (exact) mass is 240 g/mol. The van der Waals surface area contributed by atoms with E-state index in [1.807, 2.05) is 0 Å². The first-order chi connectivity index (χ1) is 8.65. The first kappa shape index (κ1) is 11.9. The predicted molar refractivity (Wildman–Crippen MR) is 69.6 cm³/mol. The van der Waals surface area contributed by atoms with E-state index in [1.165, 1.54) is 18.2 Å². The molecule has 0 radical (unpaired) electrons. The minimum atomic E-state index is -0.182. The standard InChI is InChI=1S/C15H12O3/c16-13-7-4-11(5-8-13)6-9-15(18)12-2-1-3-14(17)10-12/h1-10,16-17H/b9-6+. The molecule has 0 saturated heterocycles. The summed E-state index contributed by atoms with van der Waals surface area (Å²) >= 11 is 0. The van der Waals surface area contributed by atoms with Gasteiger partial charge in [-0.3, -0.25) is 4.79 Å². The second-order valence-electron chi connectivity index (χ2n) is 3.84. The molecule has 2 aromatic carbocycles. The van der Waals surface area contributed by atoms with E-state index < -0.39 is 0 Å². The average Bonchev–Trinajstić information content (AvgIpc) is 2.38. The van der Waals surface area contributed by atoms with Gasteiger partial charge in [-0.05, 0) is 35.9 Å². The van der Waals surface area contributed by atoms with Crippen LogP contribution in [0.15, 0.2) is 54.6 Å². The summed E-state index contributed by atoms with van der Waals surface area (Å²) in [6.07, 6.45) is 3.09. The van der Waals surface area contributed by atoms with Gasteiger partial charge in [0.1, 0.15) is 11.5 Å². The van der Waals surface area contributed by atoms with Gasteiger partial charge in [-0.25, -0.2) is 0 Å². The van der Waals surface area contributed by atoms with Gasteiger partial charge in [0.15, 0.2) is 5.78 Å². The van der Waals surface area contributed by atoms with E-state index in [4.69, 9.17) is 5.11 Å². The number of carbonyl (C=O) groups is 1. The molecule has 3 nitrogen and oxygen atoms in total. The minimum Gasteiger partial charge on any atom is -0.508 e. The summed E-state index contributed by atoms with van der Waals surface area (Å²) in [5.41, 5.74) is 1.26. The molecule has 2 aromatic rings. The molecular weight excluding hydrogens is 228 g/mol. The molecule has 0 aliphatic carbocycles. The normalized spacial score (nSPS) is 10.7. The highest BCUT2D eigenvalue weighted by Crippen LogP contribution is 2.14. The Balaban J connectivity index is 2.14. The maximum atomic E-state index is 11.8. The molecule has 0 bridgehead atoms. The van der Waals surface area contributed by atoms with Crippen LogP contribution in [-0.4, -0.2) is 16.0 Å². The Kier molecular flexibility index (Phi) is 3.44. The average molecular weight is 240 g/mol. The molecule has 0 spiro atoms. The smallest absolute Gasteiger partial charge is 0.185 e. The number of aromatic hydroxyl groups is 2. The molecular formula is C15H12O3. The largest absolute Gasteiger partial charge is 0.508 e. The predicted octanol–water partition coefficient (Wildman–Crippen LogP) is 2.99. The Hall–Kier alpha value is -2.55. The Morgan fingerprint density at radius 3 is 2.33 bits per heavy atom. The quantitative estimate of drug-likeness (QED) is 0.640. The molecule has 18 heavy (non-hydrogen) atoms. The lowest BCUT2D eigenvalue weighted by Crippen LogP contribution is -1.92. The zero-order valence-corrected chi connectivity index (χ0v) is 9.58. The summed E-state index contributed by atoms with van der Waals surface area (Å²) in [4.78, 5) is 11.8. The van der Waals surface area contributed by atoms with E-state index >= 15 is 0 Å². The fourth-order valence-corrected chi connectivity index (χ4v) is 1.51. The van der Waals surface area contributed by atoms with Crippen LogP contribution in [0.2, 0.25) is 0 Å². The number of ketones is 1. The maximum absolute atomic E-state index is 11.8. The number of phenolic OH excluding ortho intramolecular Hbond substituents is 2. The molecule has 0 aliphatic rings. The third-order valence-corrected chi connectivity index (χ3v) is 2.45. The number of phenols is 2. The Morgan fingerprint density at radius 1 is 0.944 bits per heavy atom. The molecule has 0 aliphatic heterocycles. The molecule has 90 valence electrons. The second kappa shape index (κ2) is 5.19. The van der Waals surface area contributed by atoms with E-state index in [0.717, 1.165) is 5.56 Å². The molecule has 0 aromatic heterocycles. The third kappa shape index (κ3) is 2.98. The van der Waals surface area contributed by atoms with Crippen LogP contribution in [0.25, 0.3) is 6.08 Å². The van der Waals surface area contributed by atoms with Crippen molar-refractivity contribution in [2.75, 3.05) is 0 Å².